The van der Waals surface area contributed by atoms with E-state index in [1.54, 1.807) is 0 Å². The molecule has 1 heterocycles. The van der Waals surface area contributed by atoms with E-state index in [0.717, 1.165) is 25.9 Å². The number of aliphatic hydroxyl groups is 1. The molecule has 4 N–H and O–H groups in total. The average Bonchev–Trinajstić information content (AvgIpc) is 2.32. The van der Waals surface area contributed by atoms with Crippen molar-refractivity contribution in [1.29, 1.82) is 0 Å². The van der Waals surface area contributed by atoms with Crippen LogP contribution in [0, 0.1) is 6.92 Å². The van der Waals surface area contributed by atoms with Gasteiger partial charge in [-0.05, 0) is 38.4 Å². The Bertz CT molecular complexity index is 278. The van der Waals surface area contributed by atoms with Crippen LogP contribution in [0.15, 0.2) is 24.3 Å². The summed E-state index contributed by atoms with van der Waals surface area (Å²) in [4.78, 5) is 0. The maximum absolute atomic E-state index is 8.87. The van der Waals surface area contributed by atoms with E-state index in [-0.39, 0.29) is 6.10 Å². The number of hydrogen-bond acceptors (Lipinski definition) is 3. The molecule has 0 bridgehead atoms. The molecule has 1 saturated heterocycles. The fourth-order valence-corrected chi connectivity index (χ4v) is 1.53. The van der Waals surface area contributed by atoms with Gasteiger partial charge in [0.05, 0.1) is 6.10 Å². The minimum Gasteiger partial charge on any atom is -0.393 e. The molecule has 1 aromatic rings. The standard InChI is InChI=1S/C8H11N.C5H11NO/c1-7-2-4-8(6-9)5-3-7;7-5-1-3-6-4-2-5/h2-5H,6,9H2,1H3;5-7H,1-4H2. The normalized spacial score (nSPS) is 16.4. The number of nitrogens with two attached hydrogens (primary N) is 1. The van der Waals surface area contributed by atoms with Crippen molar-refractivity contribution < 1.29 is 5.11 Å². The Morgan fingerprint density at radius 2 is 1.81 bits per heavy atom. The van der Waals surface area contributed by atoms with Crippen LogP contribution in [-0.4, -0.2) is 24.3 Å². The maximum atomic E-state index is 8.87. The molecule has 1 aliphatic rings. The summed E-state index contributed by atoms with van der Waals surface area (Å²) in [6.45, 7) is 4.68. The van der Waals surface area contributed by atoms with Gasteiger partial charge in [0.2, 0.25) is 0 Å². The fraction of sp³-hybridized carbons (Fsp3) is 0.538. The van der Waals surface area contributed by atoms with E-state index in [0.29, 0.717) is 6.54 Å². The zero-order valence-electron chi connectivity index (χ0n) is 9.95. The Kier molecular flexibility index (Phi) is 6.08. The van der Waals surface area contributed by atoms with Crippen LogP contribution in [0.3, 0.4) is 0 Å². The highest BCUT2D eigenvalue weighted by molar-refractivity contribution is 5.20. The summed E-state index contributed by atoms with van der Waals surface area (Å²) in [5.41, 5.74) is 7.88. The van der Waals surface area contributed by atoms with Crippen LogP contribution in [-0.2, 0) is 6.54 Å². The monoisotopic (exact) mass is 222 g/mol. The van der Waals surface area contributed by atoms with Gasteiger partial charge in [-0.25, -0.2) is 0 Å². The first-order valence-corrected chi connectivity index (χ1v) is 5.86. The lowest BCUT2D eigenvalue weighted by atomic mass is 10.1. The number of rotatable bonds is 1. The zero-order chi connectivity index (χ0) is 11.8. The van der Waals surface area contributed by atoms with Crippen LogP contribution in [0.5, 0.6) is 0 Å². The molecule has 90 valence electrons. The van der Waals surface area contributed by atoms with Crippen molar-refractivity contribution in [3.8, 4) is 0 Å². The molecule has 0 spiro atoms. The summed E-state index contributed by atoms with van der Waals surface area (Å²) in [6, 6.07) is 8.25. The summed E-state index contributed by atoms with van der Waals surface area (Å²) >= 11 is 0. The third kappa shape index (κ3) is 5.26. The Balaban J connectivity index is 0.000000165. The molecule has 0 radical (unpaired) electrons. The van der Waals surface area contributed by atoms with Gasteiger partial charge in [0.15, 0.2) is 0 Å². The Labute approximate surface area is 97.7 Å². The van der Waals surface area contributed by atoms with Crippen molar-refractivity contribution in [2.75, 3.05) is 13.1 Å². The van der Waals surface area contributed by atoms with Crippen LogP contribution >= 0.6 is 0 Å². The third-order valence-electron chi connectivity index (χ3n) is 2.66. The first kappa shape index (κ1) is 13.2. The molecule has 0 aliphatic carbocycles. The SMILES string of the molecule is Cc1ccc(CN)cc1.OC1CCNCC1. The minimum absolute atomic E-state index is 0.0266. The van der Waals surface area contributed by atoms with Crippen molar-refractivity contribution in [1.82, 2.24) is 5.32 Å². The predicted molar refractivity (Wildman–Crippen MR) is 67.2 cm³/mol. The summed E-state index contributed by atoms with van der Waals surface area (Å²) in [6.07, 6.45) is 1.83. The van der Waals surface area contributed by atoms with Crippen molar-refractivity contribution in [3.63, 3.8) is 0 Å². The minimum atomic E-state index is -0.0266. The van der Waals surface area contributed by atoms with Crippen molar-refractivity contribution in [2.45, 2.75) is 32.4 Å². The van der Waals surface area contributed by atoms with Gasteiger partial charge in [0.25, 0.3) is 0 Å². The topological polar surface area (TPSA) is 58.3 Å². The van der Waals surface area contributed by atoms with Gasteiger partial charge in [-0.2, -0.15) is 0 Å². The molecule has 0 saturated carbocycles. The first-order valence-electron chi connectivity index (χ1n) is 5.86. The number of benzene rings is 1. The number of aliphatic hydroxyl groups excluding tert-OH is 1. The second-order valence-corrected chi connectivity index (χ2v) is 4.17. The lowest BCUT2D eigenvalue weighted by Gasteiger charge is -2.16. The first-order chi connectivity index (χ1) is 7.72. The van der Waals surface area contributed by atoms with Gasteiger partial charge in [0.1, 0.15) is 0 Å². The average molecular weight is 222 g/mol. The highest BCUT2D eigenvalue weighted by Crippen LogP contribution is 2.00. The summed E-state index contributed by atoms with van der Waals surface area (Å²) in [5.74, 6) is 0. The van der Waals surface area contributed by atoms with E-state index >= 15 is 0 Å². The smallest absolute Gasteiger partial charge is 0.0564 e. The second-order valence-electron chi connectivity index (χ2n) is 4.17. The van der Waals surface area contributed by atoms with Crippen LogP contribution < -0.4 is 11.1 Å². The molecule has 3 heteroatoms. The highest BCUT2D eigenvalue weighted by atomic mass is 16.3. The van der Waals surface area contributed by atoms with Crippen molar-refractivity contribution >= 4 is 0 Å². The highest BCUT2D eigenvalue weighted by Gasteiger charge is 2.06. The van der Waals surface area contributed by atoms with E-state index < -0.39 is 0 Å². The molecule has 1 aliphatic heterocycles. The van der Waals surface area contributed by atoms with Crippen LogP contribution in [0.25, 0.3) is 0 Å². The fourth-order valence-electron chi connectivity index (χ4n) is 1.53. The van der Waals surface area contributed by atoms with E-state index in [2.05, 4.69) is 36.5 Å². The zero-order valence-corrected chi connectivity index (χ0v) is 9.95. The largest absolute Gasteiger partial charge is 0.393 e. The molecule has 2 rings (SSSR count). The van der Waals surface area contributed by atoms with E-state index in [9.17, 15) is 0 Å². The summed E-state index contributed by atoms with van der Waals surface area (Å²) < 4.78 is 0. The lowest BCUT2D eigenvalue weighted by Crippen LogP contribution is -2.30. The van der Waals surface area contributed by atoms with Crippen molar-refractivity contribution in [2.24, 2.45) is 5.73 Å². The van der Waals surface area contributed by atoms with Gasteiger partial charge >= 0.3 is 0 Å². The molecular weight excluding hydrogens is 200 g/mol. The molecule has 16 heavy (non-hydrogen) atoms. The molecule has 0 unspecified atom stereocenters. The van der Waals surface area contributed by atoms with Crippen molar-refractivity contribution in [3.05, 3.63) is 35.4 Å². The Morgan fingerprint density at radius 1 is 1.25 bits per heavy atom. The Morgan fingerprint density at radius 3 is 2.19 bits per heavy atom. The lowest BCUT2D eigenvalue weighted by molar-refractivity contribution is 0.137. The molecule has 1 aromatic carbocycles. The quantitative estimate of drug-likeness (QED) is 0.669. The van der Waals surface area contributed by atoms with Crippen LogP contribution in [0.1, 0.15) is 24.0 Å². The Hall–Kier alpha value is -0.900. The molecule has 0 amide bonds. The van der Waals surface area contributed by atoms with Gasteiger partial charge < -0.3 is 16.2 Å². The van der Waals surface area contributed by atoms with E-state index in [1.807, 2.05) is 0 Å². The van der Waals surface area contributed by atoms with E-state index in [4.69, 9.17) is 10.8 Å². The number of piperidine rings is 1. The molecule has 1 fully saturated rings. The number of nitrogens with one attached hydrogen (secondary N) is 1. The maximum Gasteiger partial charge on any atom is 0.0564 e. The van der Waals surface area contributed by atoms with E-state index in [1.165, 1.54) is 11.1 Å². The predicted octanol–water partition coefficient (Wildman–Crippen LogP) is 1.18. The summed E-state index contributed by atoms with van der Waals surface area (Å²) in [7, 11) is 0. The van der Waals surface area contributed by atoms with Crippen LogP contribution in [0.4, 0.5) is 0 Å². The second kappa shape index (κ2) is 7.39. The van der Waals surface area contributed by atoms with Gasteiger partial charge in [-0.1, -0.05) is 29.8 Å². The van der Waals surface area contributed by atoms with Gasteiger partial charge in [-0.3, -0.25) is 0 Å². The molecule has 0 aromatic heterocycles. The molecule has 3 nitrogen and oxygen atoms in total. The van der Waals surface area contributed by atoms with Gasteiger partial charge in [-0.15, -0.1) is 0 Å². The number of hydrogen-bond donors (Lipinski definition) is 3. The van der Waals surface area contributed by atoms with Crippen LogP contribution in [0.2, 0.25) is 0 Å². The van der Waals surface area contributed by atoms with Gasteiger partial charge in [0, 0.05) is 6.54 Å². The number of aryl methyl sites for hydroxylation is 1. The third-order valence-corrected chi connectivity index (χ3v) is 2.66. The summed E-state index contributed by atoms with van der Waals surface area (Å²) in [5, 5.41) is 12.0. The molecule has 0 atom stereocenters. The molecular formula is C13H22N2O.